The fraction of sp³-hybridized carbons (Fsp3) is 0.900. The Hall–Kier alpha value is -1.10. The summed E-state index contributed by atoms with van der Waals surface area (Å²) in [5, 5.41) is 2.96. The topological polar surface area (TPSA) is 52.7 Å². The minimum atomic E-state index is 0.183. The second-order valence-electron chi connectivity index (χ2n) is 8.23. The standard InChI is InChI=1S/C20H35N3O2/c24-19(8-5-11-21-20(25)18-9-10-18)23-14-6-7-17(16-23)15-22-12-3-1-2-4-13-22/h17-18H,1-16H2,(H,21,25)/t17-/m1/s1. The number of hydrogen-bond donors (Lipinski definition) is 1. The molecule has 5 nitrogen and oxygen atoms in total. The highest BCUT2D eigenvalue weighted by molar-refractivity contribution is 5.81. The minimum absolute atomic E-state index is 0.183. The second kappa shape index (κ2) is 9.56. The number of likely N-dealkylation sites (tertiary alicyclic amines) is 2. The Kier molecular flexibility index (Phi) is 7.14. The highest BCUT2D eigenvalue weighted by atomic mass is 16.2. The summed E-state index contributed by atoms with van der Waals surface area (Å²) in [5.41, 5.74) is 0. The van der Waals surface area contributed by atoms with E-state index in [4.69, 9.17) is 0 Å². The van der Waals surface area contributed by atoms with Crippen LogP contribution in [0.4, 0.5) is 0 Å². The third-order valence-electron chi connectivity index (χ3n) is 5.90. The van der Waals surface area contributed by atoms with E-state index in [0.717, 1.165) is 38.8 Å². The molecule has 1 saturated carbocycles. The molecule has 0 aromatic heterocycles. The molecule has 0 bridgehead atoms. The largest absolute Gasteiger partial charge is 0.356 e. The molecule has 0 aromatic rings. The molecule has 0 radical (unpaired) electrons. The fourth-order valence-corrected chi connectivity index (χ4v) is 4.22. The van der Waals surface area contributed by atoms with Crippen molar-refractivity contribution in [3.63, 3.8) is 0 Å². The van der Waals surface area contributed by atoms with Crippen LogP contribution in [0.25, 0.3) is 0 Å². The van der Waals surface area contributed by atoms with Gasteiger partial charge in [0.15, 0.2) is 0 Å². The van der Waals surface area contributed by atoms with E-state index in [0.29, 0.717) is 18.9 Å². The van der Waals surface area contributed by atoms with Gasteiger partial charge in [0.2, 0.25) is 11.8 Å². The summed E-state index contributed by atoms with van der Waals surface area (Å²) in [6.45, 7) is 6.15. The zero-order chi connectivity index (χ0) is 17.5. The number of amides is 2. The number of rotatable bonds is 7. The van der Waals surface area contributed by atoms with Crippen LogP contribution < -0.4 is 5.32 Å². The van der Waals surface area contributed by atoms with Crippen molar-refractivity contribution in [2.24, 2.45) is 11.8 Å². The molecule has 1 atom stereocenters. The van der Waals surface area contributed by atoms with Crippen LogP contribution in [0.3, 0.4) is 0 Å². The van der Waals surface area contributed by atoms with Crippen LogP contribution in [0, 0.1) is 11.8 Å². The van der Waals surface area contributed by atoms with Gasteiger partial charge in [-0.05, 0) is 64.0 Å². The molecule has 5 heteroatoms. The van der Waals surface area contributed by atoms with Gasteiger partial charge in [0, 0.05) is 38.5 Å². The van der Waals surface area contributed by atoms with Gasteiger partial charge in [-0.3, -0.25) is 9.59 Å². The first-order valence-corrected chi connectivity index (χ1v) is 10.5. The average Bonchev–Trinajstić information content (AvgIpc) is 3.46. The van der Waals surface area contributed by atoms with Crippen LogP contribution >= 0.6 is 0 Å². The smallest absolute Gasteiger partial charge is 0.223 e. The van der Waals surface area contributed by atoms with Crippen LogP contribution in [0.15, 0.2) is 0 Å². The highest BCUT2D eigenvalue weighted by Crippen LogP contribution is 2.28. The van der Waals surface area contributed by atoms with E-state index in [1.165, 1.54) is 51.7 Å². The lowest BCUT2D eigenvalue weighted by Gasteiger charge is -2.35. The van der Waals surface area contributed by atoms with Crippen LogP contribution in [0.2, 0.25) is 0 Å². The first-order chi connectivity index (χ1) is 12.2. The van der Waals surface area contributed by atoms with Gasteiger partial charge >= 0.3 is 0 Å². The van der Waals surface area contributed by atoms with Gasteiger partial charge in [-0.1, -0.05) is 12.8 Å². The third-order valence-corrected chi connectivity index (χ3v) is 5.90. The van der Waals surface area contributed by atoms with Gasteiger partial charge in [-0.25, -0.2) is 0 Å². The maximum absolute atomic E-state index is 12.5. The second-order valence-corrected chi connectivity index (χ2v) is 8.23. The van der Waals surface area contributed by atoms with Crippen molar-refractivity contribution in [1.82, 2.24) is 15.1 Å². The first kappa shape index (κ1) is 18.7. The maximum Gasteiger partial charge on any atom is 0.223 e. The van der Waals surface area contributed by atoms with E-state index in [-0.39, 0.29) is 17.7 Å². The molecule has 3 rings (SSSR count). The minimum Gasteiger partial charge on any atom is -0.356 e. The van der Waals surface area contributed by atoms with Gasteiger partial charge in [0.05, 0.1) is 0 Å². The van der Waals surface area contributed by atoms with Crippen LogP contribution in [-0.4, -0.2) is 60.9 Å². The Morgan fingerprint density at radius 1 is 0.920 bits per heavy atom. The SMILES string of the molecule is O=C(NCCCC(=O)N1CCC[C@H](CN2CCCCCC2)C1)C1CC1. The first-order valence-electron chi connectivity index (χ1n) is 10.5. The van der Waals surface area contributed by atoms with E-state index >= 15 is 0 Å². The molecule has 1 N–H and O–H groups in total. The van der Waals surface area contributed by atoms with Gasteiger partial charge in [-0.15, -0.1) is 0 Å². The summed E-state index contributed by atoms with van der Waals surface area (Å²) in [4.78, 5) is 28.8. The molecule has 2 saturated heterocycles. The van der Waals surface area contributed by atoms with Crippen molar-refractivity contribution < 1.29 is 9.59 Å². The number of nitrogens with one attached hydrogen (secondary N) is 1. The normalized spacial score (nSPS) is 25.4. The van der Waals surface area contributed by atoms with Gasteiger partial charge in [0.1, 0.15) is 0 Å². The lowest BCUT2D eigenvalue weighted by Crippen LogP contribution is -2.44. The monoisotopic (exact) mass is 349 g/mol. The van der Waals surface area contributed by atoms with Crippen molar-refractivity contribution in [3.8, 4) is 0 Å². The Morgan fingerprint density at radius 2 is 1.68 bits per heavy atom. The number of carbonyl (C=O) groups is 2. The van der Waals surface area contributed by atoms with E-state index in [1.807, 2.05) is 0 Å². The van der Waals surface area contributed by atoms with Crippen molar-refractivity contribution in [1.29, 1.82) is 0 Å². The summed E-state index contributed by atoms with van der Waals surface area (Å²) in [5.74, 6) is 1.37. The molecule has 142 valence electrons. The zero-order valence-electron chi connectivity index (χ0n) is 15.7. The zero-order valence-corrected chi connectivity index (χ0v) is 15.7. The quantitative estimate of drug-likeness (QED) is 0.718. The maximum atomic E-state index is 12.5. The van der Waals surface area contributed by atoms with Crippen molar-refractivity contribution in [2.45, 2.75) is 64.2 Å². The van der Waals surface area contributed by atoms with E-state index in [1.54, 1.807) is 0 Å². The molecule has 0 unspecified atom stereocenters. The van der Waals surface area contributed by atoms with Crippen molar-refractivity contribution >= 4 is 11.8 Å². The molecule has 2 amide bonds. The lowest BCUT2D eigenvalue weighted by molar-refractivity contribution is -0.133. The molecule has 1 aliphatic carbocycles. The molecule has 2 heterocycles. The molecule has 3 aliphatic rings. The Morgan fingerprint density at radius 3 is 2.40 bits per heavy atom. The molecule has 3 fully saturated rings. The molecule has 0 spiro atoms. The van der Waals surface area contributed by atoms with Crippen LogP contribution in [0.1, 0.15) is 64.2 Å². The average molecular weight is 350 g/mol. The number of nitrogens with zero attached hydrogens (tertiary/aromatic N) is 2. The fourth-order valence-electron chi connectivity index (χ4n) is 4.22. The van der Waals surface area contributed by atoms with Crippen molar-refractivity contribution in [3.05, 3.63) is 0 Å². The predicted molar refractivity (Wildman–Crippen MR) is 99.2 cm³/mol. The Balaban J connectivity index is 1.33. The number of piperidine rings is 1. The molecule has 25 heavy (non-hydrogen) atoms. The number of hydrogen-bond acceptors (Lipinski definition) is 3. The van der Waals surface area contributed by atoms with Crippen molar-refractivity contribution in [2.75, 3.05) is 39.3 Å². The summed E-state index contributed by atoms with van der Waals surface area (Å²) in [6.07, 6.45) is 11.2. The van der Waals surface area contributed by atoms with Gasteiger partial charge in [-0.2, -0.15) is 0 Å². The van der Waals surface area contributed by atoms with Crippen LogP contribution in [0.5, 0.6) is 0 Å². The Labute approximate surface area is 152 Å². The molecule has 2 aliphatic heterocycles. The summed E-state index contributed by atoms with van der Waals surface area (Å²) in [6, 6.07) is 0. The summed E-state index contributed by atoms with van der Waals surface area (Å²) in [7, 11) is 0. The number of carbonyl (C=O) groups excluding carboxylic acids is 2. The van der Waals surface area contributed by atoms with Gasteiger partial charge in [0.25, 0.3) is 0 Å². The molecule has 0 aromatic carbocycles. The van der Waals surface area contributed by atoms with Gasteiger partial charge < -0.3 is 15.1 Å². The van der Waals surface area contributed by atoms with E-state index in [9.17, 15) is 9.59 Å². The third kappa shape index (κ3) is 6.28. The highest BCUT2D eigenvalue weighted by Gasteiger charge is 2.29. The molecular weight excluding hydrogens is 314 g/mol. The summed E-state index contributed by atoms with van der Waals surface area (Å²) < 4.78 is 0. The summed E-state index contributed by atoms with van der Waals surface area (Å²) >= 11 is 0. The van der Waals surface area contributed by atoms with Crippen LogP contribution in [-0.2, 0) is 9.59 Å². The predicted octanol–water partition coefficient (Wildman–Crippen LogP) is 2.41. The van der Waals surface area contributed by atoms with E-state index < -0.39 is 0 Å². The lowest BCUT2D eigenvalue weighted by atomic mass is 9.97. The van der Waals surface area contributed by atoms with E-state index in [2.05, 4.69) is 15.1 Å². The Bertz CT molecular complexity index is 442. The molecular formula is C20H35N3O2.